The van der Waals surface area contributed by atoms with Crippen LogP contribution >= 0.6 is 0 Å². The highest BCUT2D eigenvalue weighted by Gasteiger charge is 2.34. The molecule has 4 heterocycles. The molecule has 220 valence electrons. The highest BCUT2D eigenvalue weighted by Crippen LogP contribution is 2.36. The van der Waals surface area contributed by atoms with Crippen LogP contribution in [0.25, 0.3) is 33.2 Å². The Labute approximate surface area is 255 Å². The molecule has 2 aliphatic rings. The molecule has 2 aliphatic heterocycles. The van der Waals surface area contributed by atoms with Crippen molar-refractivity contribution in [2.45, 2.75) is 19.3 Å². The molecule has 1 saturated heterocycles. The third-order valence-corrected chi connectivity index (χ3v) is 8.46. The highest BCUT2D eigenvalue weighted by atomic mass is 16.6. The van der Waals surface area contributed by atoms with Crippen molar-refractivity contribution in [3.8, 4) is 28.3 Å². The number of aliphatic hydroxyl groups is 1. The van der Waals surface area contributed by atoms with Gasteiger partial charge in [-0.25, -0.2) is 9.64 Å². The second kappa shape index (κ2) is 11.4. The average molecular weight is 586 g/mol. The number of aliphatic hydroxyl groups excluding tert-OH is 1. The second-order valence-corrected chi connectivity index (χ2v) is 11.4. The molecule has 3 aromatic carbocycles. The van der Waals surface area contributed by atoms with Gasteiger partial charge in [-0.15, -0.1) is 10.2 Å². The summed E-state index contributed by atoms with van der Waals surface area (Å²) in [6, 6.07) is 25.6. The predicted molar refractivity (Wildman–Crippen MR) is 167 cm³/mol. The summed E-state index contributed by atoms with van der Waals surface area (Å²) in [4.78, 5) is 19.9. The molecule has 44 heavy (non-hydrogen) atoms. The number of β-amino-alcohol motifs (C(OH)–C–C–N with tert-alkyl or cyclic N) is 1. The van der Waals surface area contributed by atoms with Crippen molar-refractivity contribution in [1.82, 2.24) is 24.2 Å². The largest absolute Gasteiger partial charge is 0.445 e. The summed E-state index contributed by atoms with van der Waals surface area (Å²) >= 11 is 0. The fraction of sp³-hybridized carbons (Fsp3) is 0.235. The SMILES string of the molecule is [C-]#[N+]c1ccc(-c2cc3n(c2)Cc2cc(N4C[C@H](CN(C)C(=O)OCc5ccccc5)[C@@H](O)C4)ccc2-n2cnnc2-3)cc1. The fourth-order valence-electron chi connectivity index (χ4n) is 6.11. The van der Waals surface area contributed by atoms with Gasteiger partial charge in [0.2, 0.25) is 0 Å². The zero-order chi connectivity index (χ0) is 30.2. The zero-order valence-electron chi connectivity index (χ0n) is 24.2. The van der Waals surface area contributed by atoms with Crippen LogP contribution in [0.2, 0.25) is 0 Å². The molecular weight excluding hydrogens is 554 g/mol. The van der Waals surface area contributed by atoms with Crippen molar-refractivity contribution in [2.24, 2.45) is 5.92 Å². The van der Waals surface area contributed by atoms with Crippen molar-refractivity contribution in [3.05, 3.63) is 114 Å². The highest BCUT2D eigenvalue weighted by molar-refractivity contribution is 5.73. The van der Waals surface area contributed by atoms with E-state index in [0.29, 0.717) is 31.9 Å². The van der Waals surface area contributed by atoms with E-state index in [-0.39, 0.29) is 12.5 Å². The number of hydrogen-bond donors (Lipinski definition) is 1. The molecule has 10 nitrogen and oxygen atoms in total. The molecule has 5 aromatic rings. The minimum Gasteiger partial charge on any atom is -0.445 e. The number of fused-ring (bicyclic) bond motifs is 5. The van der Waals surface area contributed by atoms with Crippen LogP contribution < -0.4 is 4.90 Å². The maximum Gasteiger partial charge on any atom is 0.409 e. The van der Waals surface area contributed by atoms with Gasteiger partial charge < -0.3 is 24.2 Å². The Morgan fingerprint density at radius 3 is 2.68 bits per heavy atom. The van der Waals surface area contributed by atoms with Crippen LogP contribution in [0.1, 0.15) is 11.1 Å². The topological polar surface area (TPSA) is 93.0 Å². The van der Waals surface area contributed by atoms with Gasteiger partial charge in [0.05, 0.1) is 24.1 Å². The normalized spacial score (nSPS) is 16.8. The van der Waals surface area contributed by atoms with Gasteiger partial charge in [-0.3, -0.25) is 4.57 Å². The Morgan fingerprint density at radius 2 is 1.89 bits per heavy atom. The lowest BCUT2D eigenvalue weighted by molar-refractivity contribution is 0.0845. The number of carbonyl (C=O) groups is 1. The number of amides is 1. The van der Waals surface area contributed by atoms with E-state index in [2.05, 4.69) is 55.0 Å². The van der Waals surface area contributed by atoms with Gasteiger partial charge >= 0.3 is 6.09 Å². The van der Waals surface area contributed by atoms with E-state index in [1.807, 2.05) is 59.2 Å². The quantitative estimate of drug-likeness (QED) is 0.264. The number of benzene rings is 3. The molecule has 1 N–H and O–H groups in total. The van der Waals surface area contributed by atoms with Crippen molar-refractivity contribution in [2.75, 3.05) is 31.6 Å². The summed E-state index contributed by atoms with van der Waals surface area (Å²) in [5.41, 5.74) is 7.71. The molecule has 1 fully saturated rings. The Bertz CT molecular complexity index is 1860. The van der Waals surface area contributed by atoms with Crippen LogP contribution in [0.5, 0.6) is 0 Å². The molecule has 0 radical (unpaired) electrons. The Kier molecular flexibility index (Phi) is 7.08. The number of rotatable bonds is 6. The molecule has 0 bridgehead atoms. The number of hydrogen-bond acceptors (Lipinski definition) is 6. The number of anilines is 1. The van der Waals surface area contributed by atoms with Crippen molar-refractivity contribution >= 4 is 17.5 Å². The molecule has 1 amide bonds. The van der Waals surface area contributed by atoms with Crippen molar-refractivity contribution in [1.29, 1.82) is 0 Å². The van der Waals surface area contributed by atoms with Crippen molar-refractivity contribution in [3.63, 3.8) is 0 Å². The van der Waals surface area contributed by atoms with Crippen LogP contribution in [-0.2, 0) is 17.9 Å². The van der Waals surface area contributed by atoms with Gasteiger partial charge in [-0.05, 0) is 41.0 Å². The molecule has 7 rings (SSSR count). The molecule has 2 aromatic heterocycles. The smallest absolute Gasteiger partial charge is 0.409 e. The molecule has 0 saturated carbocycles. The van der Waals surface area contributed by atoms with Gasteiger partial charge in [0.1, 0.15) is 12.9 Å². The average Bonchev–Trinajstić information content (AvgIpc) is 3.78. The van der Waals surface area contributed by atoms with E-state index in [0.717, 1.165) is 45.1 Å². The van der Waals surface area contributed by atoms with E-state index in [4.69, 9.17) is 11.3 Å². The first-order valence-corrected chi connectivity index (χ1v) is 14.5. The van der Waals surface area contributed by atoms with Crippen LogP contribution in [0.3, 0.4) is 0 Å². The molecule has 0 unspecified atom stereocenters. The zero-order valence-corrected chi connectivity index (χ0v) is 24.2. The first kappa shape index (κ1) is 27.4. The molecular formula is C34H31N7O3. The van der Waals surface area contributed by atoms with E-state index < -0.39 is 12.2 Å². The number of aromatic nitrogens is 4. The summed E-state index contributed by atoms with van der Waals surface area (Å²) < 4.78 is 9.68. The monoisotopic (exact) mass is 585 g/mol. The van der Waals surface area contributed by atoms with Gasteiger partial charge in [0, 0.05) is 56.6 Å². The standard InChI is InChI=1S/C34H31N7O3/c1-35-28-10-8-24(9-11-28)25-15-31-33-37-36-22-41(33)30-13-12-29(14-26(30)18-40(31)17-25)39-19-27(32(42)20-39)16-38(2)34(43)44-21-23-6-4-3-5-7-23/h3-15,17,22,27,32,42H,16,18-21H2,2H3/t27-,32-/m0/s1. The van der Waals surface area contributed by atoms with Crippen LogP contribution in [-0.4, -0.2) is 68.2 Å². The van der Waals surface area contributed by atoms with E-state index in [9.17, 15) is 9.90 Å². The van der Waals surface area contributed by atoms with Crippen LogP contribution in [0, 0.1) is 12.5 Å². The maximum absolute atomic E-state index is 12.6. The van der Waals surface area contributed by atoms with Crippen LogP contribution in [0.4, 0.5) is 16.2 Å². The molecule has 10 heteroatoms. The van der Waals surface area contributed by atoms with Gasteiger partial charge in [0.15, 0.2) is 11.5 Å². The van der Waals surface area contributed by atoms with Crippen LogP contribution in [0.15, 0.2) is 91.4 Å². The lowest BCUT2D eigenvalue weighted by Gasteiger charge is -2.23. The second-order valence-electron chi connectivity index (χ2n) is 11.4. The lowest BCUT2D eigenvalue weighted by atomic mass is 10.1. The summed E-state index contributed by atoms with van der Waals surface area (Å²) in [7, 11) is 1.71. The number of ether oxygens (including phenoxy) is 1. The van der Waals surface area contributed by atoms with E-state index >= 15 is 0 Å². The number of carbonyl (C=O) groups excluding carboxylic acids is 1. The molecule has 0 aliphatic carbocycles. The van der Waals surface area contributed by atoms with E-state index in [1.54, 1.807) is 18.3 Å². The minimum absolute atomic E-state index is 0.111. The predicted octanol–water partition coefficient (Wildman–Crippen LogP) is 5.38. The first-order chi connectivity index (χ1) is 21.5. The first-order valence-electron chi connectivity index (χ1n) is 14.5. The Balaban J connectivity index is 1.08. The third kappa shape index (κ3) is 5.18. The Morgan fingerprint density at radius 1 is 1.07 bits per heavy atom. The van der Waals surface area contributed by atoms with Gasteiger partial charge in [-0.1, -0.05) is 54.6 Å². The number of nitrogens with zero attached hydrogens (tertiary/aromatic N) is 7. The third-order valence-electron chi connectivity index (χ3n) is 8.46. The maximum atomic E-state index is 12.6. The van der Waals surface area contributed by atoms with Crippen molar-refractivity contribution < 1.29 is 14.6 Å². The minimum atomic E-state index is -0.574. The summed E-state index contributed by atoms with van der Waals surface area (Å²) in [6.07, 6.45) is 2.88. The summed E-state index contributed by atoms with van der Waals surface area (Å²) in [5, 5.41) is 19.6. The molecule has 0 spiro atoms. The lowest BCUT2D eigenvalue weighted by Crippen LogP contribution is -2.36. The fourth-order valence-corrected chi connectivity index (χ4v) is 6.11. The molecule has 2 atom stereocenters. The van der Waals surface area contributed by atoms with E-state index in [1.165, 1.54) is 0 Å². The Hall–Kier alpha value is -5.40. The summed E-state index contributed by atoms with van der Waals surface area (Å²) in [6.45, 7) is 9.58. The summed E-state index contributed by atoms with van der Waals surface area (Å²) in [5.74, 6) is 0.653. The van der Waals surface area contributed by atoms with Gasteiger partial charge in [-0.2, -0.15) is 0 Å². The van der Waals surface area contributed by atoms with Gasteiger partial charge in [0.25, 0.3) is 0 Å².